The third-order valence-corrected chi connectivity index (χ3v) is 9.04. The molecule has 8 nitrogen and oxygen atoms in total. The second-order valence-electron chi connectivity index (χ2n) is 9.42. The van der Waals surface area contributed by atoms with Crippen molar-refractivity contribution in [2.24, 2.45) is 0 Å². The molecule has 35 heavy (non-hydrogen) atoms. The highest BCUT2D eigenvalue weighted by molar-refractivity contribution is 7.89. The van der Waals surface area contributed by atoms with Gasteiger partial charge in [-0.3, -0.25) is 9.59 Å². The predicted molar refractivity (Wildman–Crippen MR) is 132 cm³/mol. The number of anilines is 1. The van der Waals surface area contributed by atoms with Crippen LogP contribution in [0.1, 0.15) is 54.7 Å². The van der Waals surface area contributed by atoms with E-state index in [2.05, 4.69) is 17.0 Å². The van der Waals surface area contributed by atoms with E-state index in [1.165, 1.54) is 30.7 Å². The largest absolute Gasteiger partial charge is 0.481 e. The van der Waals surface area contributed by atoms with Crippen molar-refractivity contribution in [3.8, 4) is 0 Å². The van der Waals surface area contributed by atoms with Gasteiger partial charge in [-0.2, -0.15) is 4.31 Å². The van der Waals surface area contributed by atoms with E-state index in [1.807, 2.05) is 12.1 Å². The number of carboxylic acids is 2. The van der Waals surface area contributed by atoms with Crippen molar-refractivity contribution in [1.82, 2.24) is 4.31 Å². The average molecular weight is 501 g/mol. The van der Waals surface area contributed by atoms with Crippen molar-refractivity contribution < 1.29 is 28.2 Å². The minimum absolute atomic E-state index is 0.00598. The Bertz CT molecular complexity index is 1190. The van der Waals surface area contributed by atoms with Crippen molar-refractivity contribution in [2.45, 2.75) is 62.3 Å². The summed E-state index contributed by atoms with van der Waals surface area (Å²) >= 11 is 0. The Morgan fingerprint density at radius 2 is 1.69 bits per heavy atom. The minimum Gasteiger partial charge on any atom is -0.481 e. The summed E-state index contributed by atoms with van der Waals surface area (Å²) in [6.07, 6.45) is 4.17. The predicted octanol–water partition coefficient (Wildman–Crippen LogP) is 3.63. The molecule has 2 aromatic rings. The molecule has 2 heterocycles. The highest BCUT2D eigenvalue weighted by Gasteiger charge is 2.39. The maximum atomic E-state index is 13.1. The van der Waals surface area contributed by atoms with E-state index in [-0.39, 0.29) is 17.9 Å². The lowest BCUT2D eigenvalue weighted by atomic mass is 9.89. The molecule has 2 aliphatic heterocycles. The van der Waals surface area contributed by atoms with Crippen LogP contribution >= 0.6 is 0 Å². The van der Waals surface area contributed by atoms with Crippen LogP contribution in [-0.4, -0.2) is 60.6 Å². The van der Waals surface area contributed by atoms with E-state index in [0.29, 0.717) is 30.4 Å². The summed E-state index contributed by atoms with van der Waals surface area (Å²) in [4.78, 5) is 25.9. The lowest BCUT2D eigenvalue weighted by Crippen LogP contribution is -2.40. The zero-order valence-electron chi connectivity index (χ0n) is 19.9. The molecule has 0 bridgehead atoms. The second kappa shape index (κ2) is 10.4. The first-order valence-corrected chi connectivity index (χ1v) is 13.5. The zero-order chi connectivity index (χ0) is 25.2. The number of carbonyl (C=O) groups is 2. The highest BCUT2D eigenvalue weighted by atomic mass is 32.2. The minimum atomic E-state index is -3.98. The molecule has 0 aromatic heterocycles. The molecule has 2 N–H and O–H groups in total. The maximum absolute atomic E-state index is 13.1. The van der Waals surface area contributed by atoms with Gasteiger partial charge in [0.25, 0.3) is 0 Å². The Hall–Kier alpha value is -2.91. The maximum Gasteiger partial charge on any atom is 0.322 e. The van der Waals surface area contributed by atoms with Crippen molar-refractivity contribution in [3.63, 3.8) is 0 Å². The molecule has 1 unspecified atom stereocenters. The molecule has 2 fully saturated rings. The van der Waals surface area contributed by atoms with Crippen LogP contribution in [0.25, 0.3) is 0 Å². The van der Waals surface area contributed by atoms with Crippen LogP contribution in [0.5, 0.6) is 0 Å². The molecular weight excluding hydrogens is 468 g/mol. The van der Waals surface area contributed by atoms with E-state index in [1.54, 1.807) is 13.0 Å². The second-order valence-corrected chi connectivity index (χ2v) is 11.3. The molecule has 4 rings (SSSR count). The number of nitrogens with zero attached hydrogens (tertiary/aromatic N) is 2. The Morgan fingerprint density at radius 1 is 1.00 bits per heavy atom. The first-order chi connectivity index (χ1) is 16.7. The molecule has 9 heteroatoms. The summed E-state index contributed by atoms with van der Waals surface area (Å²) in [5.41, 5.74) is 3.39. The topological polar surface area (TPSA) is 115 Å². The van der Waals surface area contributed by atoms with Gasteiger partial charge in [0.1, 0.15) is 6.04 Å². The fourth-order valence-electron chi connectivity index (χ4n) is 5.18. The molecule has 0 spiro atoms. The standard InChI is InChI=1S/C26H32N2O6S/c1-18-17-21(35(33,34)28-16-4-5-24(28)26(31)32)11-13-22(18)23(25(29)30)12-8-19-6-9-20(10-7-19)27-14-2-3-15-27/h6-7,9-11,13,17,23-24H,2-5,8,12,14-16H2,1H3,(H,29,30)(H,31,32)/t23?,24-/m0/s1. The summed E-state index contributed by atoms with van der Waals surface area (Å²) < 4.78 is 27.2. The lowest BCUT2D eigenvalue weighted by Gasteiger charge is -2.22. The van der Waals surface area contributed by atoms with E-state index < -0.39 is 33.9 Å². The number of aryl methyl sites for hydroxylation is 2. The average Bonchev–Trinajstić information content (AvgIpc) is 3.53. The molecule has 2 saturated heterocycles. The monoisotopic (exact) mass is 500 g/mol. The van der Waals surface area contributed by atoms with Crippen LogP contribution in [0.15, 0.2) is 47.4 Å². The van der Waals surface area contributed by atoms with Crippen LogP contribution in [-0.2, 0) is 26.0 Å². The quantitative estimate of drug-likeness (QED) is 0.540. The van der Waals surface area contributed by atoms with Gasteiger partial charge in [0.2, 0.25) is 10.0 Å². The highest BCUT2D eigenvalue weighted by Crippen LogP contribution is 2.31. The van der Waals surface area contributed by atoms with Gasteiger partial charge in [0, 0.05) is 25.3 Å². The van der Waals surface area contributed by atoms with Crippen molar-refractivity contribution in [2.75, 3.05) is 24.5 Å². The van der Waals surface area contributed by atoms with Crippen LogP contribution in [0, 0.1) is 6.92 Å². The van der Waals surface area contributed by atoms with Gasteiger partial charge in [0.15, 0.2) is 0 Å². The number of hydrogen-bond acceptors (Lipinski definition) is 5. The summed E-state index contributed by atoms with van der Waals surface area (Å²) in [7, 11) is -3.98. The molecule has 2 aromatic carbocycles. The molecule has 0 radical (unpaired) electrons. The summed E-state index contributed by atoms with van der Waals surface area (Å²) in [6, 6.07) is 11.6. The van der Waals surface area contributed by atoms with E-state index >= 15 is 0 Å². The number of rotatable bonds is 9. The van der Waals surface area contributed by atoms with E-state index in [4.69, 9.17) is 0 Å². The molecular formula is C26H32N2O6S. The smallest absolute Gasteiger partial charge is 0.322 e. The fraction of sp³-hybridized carbons (Fsp3) is 0.462. The SMILES string of the molecule is Cc1cc(S(=O)(=O)N2CCC[C@H]2C(=O)O)ccc1C(CCc1ccc(N2CCCC2)cc1)C(=O)O. The van der Waals surface area contributed by atoms with Crippen LogP contribution in [0.2, 0.25) is 0 Å². The number of aliphatic carboxylic acids is 2. The molecule has 2 atom stereocenters. The Balaban J connectivity index is 1.49. The Labute approximate surface area is 206 Å². The molecule has 2 aliphatic rings. The molecule has 0 saturated carbocycles. The van der Waals surface area contributed by atoms with Gasteiger partial charge in [-0.15, -0.1) is 0 Å². The molecule has 0 amide bonds. The van der Waals surface area contributed by atoms with Crippen molar-refractivity contribution >= 4 is 27.6 Å². The van der Waals surface area contributed by atoms with Gasteiger partial charge in [0.05, 0.1) is 10.8 Å². The summed E-state index contributed by atoms with van der Waals surface area (Å²) in [6.45, 7) is 4.00. The molecule has 0 aliphatic carbocycles. The number of carboxylic acid groups (broad SMARTS) is 2. The first kappa shape index (κ1) is 25.2. The lowest BCUT2D eigenvalue weighted by molar-refractivity contribution is -0.141. The zero-order valence-corrected chi connectivity index (χ0v) is 20.7. The van der Waals surface area contributed by atoms with E-state index in [9.17, 15) is 28.2 Å². The Morgan fingerprint density at radius 3 is 2.29 bits per heavy atom. The third kappa shape index (κ3) is 5.36. The number of sulfonamides is 1. The van der Waals surface area contributed by atoms with Crippen LogP contribution in [0.4, 0.5) is 5.69 Å². The van der Waals surface area contributed by atoms with Gasteiger partial charge in [-0.25, -0.2) is 8.42 Å². The fourth-order valence-corrected chi connectivity index (χ4v) is 6.92. The first-order valence-electron chi connectivity index (χ1n) is 12.1. The normalized spacial score (nSPS) is 19.7. The number of benzene rings is 2. The third-order valence-electron chi connectivity index (χ3n) is 7.14. The van der Waals surface area contributed by atoms with Crippen molar-refractivity contribution in [3.05, 3.63) is 59.2 Å². The number of hydrogen-bond donors (Lipinski definition) is 2. The Kier molecular flexibility index (Phi) is 7.47. The van der Waals surface area contributed by atoms with Gasteiger partial charge in [-0.05, 0) is 86.4 Å². The van der Waals surface area contributed by atoms with Crippen molar-refractivity contribution in [1.29, 1.82) is 0 Å². The van der Waals surface area contributed by atoms with Gasteiger partial charge >= 0.3 is 11.9 Å². The van der Waals surface area contributed by atoms with Crippen LogP contribution < -0.4 is 4.90 Å². The summed E-state index contributed by atoms with van der Waals surface area (Å²) in [5, 5.41) is 19.3. The summed E-state index contributed by atoms with van der Waals surface area (Å²) in [5.74, 6) is -2.88. The van der Waals surface area contributed by atoms with Gasteiger partial charge < -0.3 is 15.1 Å². The van der Waals surface area contributed by atoms with Crippen LogP contribution in [0.3, 0.4) is 0 Å². The van der Waals surface area contributed by atoms with E-state index in [0.717, 1.165) is 23.0 Å². The molecule has 188 valence electrons. The van der Waals surface area contributed by atoms with Gasteiger partial charge in [-0.1, -0.05) is 18.2 Å².